The van der Waals surface area contributed by atoms with E-state index < -0.39 is 0 Å². The highest BCUT2D eigenvalue weighted by atomic mass is 16.5. The van der Waals surface area contributed by atoms with Crippen molar-refractivity contribution < 1.29 is 14.3 Å². The summed E-state index contributed by atoms with van der Waals surface area (Å²) < 4.78 is 6.17. The van der Waals surface area contributed by atoms with Crippen molar-refractivity contribution in [3.05, 3.63) is 144 Å². The van der Waals surface area contributed by atoms with Crippen LogP contribution in [0.1, 0.15) is 60.5 Å². The molecule has 2 fully saturated rings. The zero-order chi connectivity index (χ0) is 34.6. The molecular weight excluding hydrogens is 637 g/mol. The molecule has 256 valence electrons. The van der Waals surface area contributed by atoms with Crippen molar-refractivity contribution in [2.24, 2.45) is 0 Å². The van der Waals surface area contributed by atoms with Gasteiger partial charge in [-0.2, -0.15) is 0 Å². The summed E-state index contributed by atoms with van der Waals surface area (Å²) in [5.74, 6) is 3.37. The molecule has 9 heteroatoms. The molecule has 0 saturated carbocycles. The fourth-order valence-electron chi connectivity index (χ4n) is 7.29. The molecule has 4 heterocycles. The average molecular weight is 677 g/mol. The van der Waals surface area contributed by atoms with Crippen LogP contribution in [0.2, 0.25) is 0 Å². The van der Waals surface area contributed by atoms with Crippen LogP contribution < -0.4 is 4.74 Å². The molecule has 0 aliphatic carbocycles. The molecule has 6 aromatic rings. The number of hydrogen-bond acceptors (Lipinski definition) is 5. The SMILES string of the molecule is O=C(Cc1ccccc1)N1CCC[C@H]1c1ncc(-c2ccc(Oc3ccc(-c4cnc([C@@H]5CCCN5C(=O)Cc5ccccc5)[nH]4)cc3)cc2)[nH]1. The number of carbonyl (C=O) groups is 2. The number of imidazole rings is 2. The van der Waals surface area contributed by atoms with Crippen LogP contribution in [0.15, 0.2) is 122 Å². The third-order valence-corrected chi connectivity index (χ3v) is 9.93. The Morgan fingerprint density at radius 3 is 1.41 bits per heavy atom. The van der Waals surface area contributed by atoms with Crippen LogP contribution in [0.25, 0.3) is 22.5 Å². The molecule has 9 nitrogen and oxygen atoms in total. The van der Waals surface area contributed by atoms with Crippen molar-refractivity contribution in [1.82, 2.24) is 29.7 Å². The second-order valence-corrected chi connectivity index (χ2v) is 13.3. The van der Waals surface area contributed by atoms with Crippen LogP contribution in [0.3, 0.4) is 0 Å². The number of amides is 2. The lowest BCUT2D eigenvalue weighted by Gasteiger charge is -2.23. The van der Waals surface area contributed by atoms with Crippen molar-refractivity contribution >= 4 is 11.8 Å². The number of hydrogen-bond donors (Lipinski definition) is 2. The molecule has 8 rings (SSSR count). The molecule has 2 N–H and O–H groups in total. The quantitative estimate of drug-likeness (QED) is 0.153. The van der Waals surface area contributed by atoms with Crippen LogP contribution in [0.5, 0.6) is 11.5 Å². The van der Waals surface area contributed by atoms with Crippen molar-refractivity contribution in [3.63, 3.8) is 0 Å². The van der Waals surface area contributed by atoms with E-state index in [1.165, 1.54) is 0 Å². The number of aromatic amines is 2. The smallest absolute Gasteiger partial charge is 0.227 e. The zero-order valence-corrected chi connectivity index (χ0v) is 28.4. The maximum absolute atomic E-state index is 13.1. The number of nitrogens with zero attached hydrogens (tertiary/aromatic N) is 4. The Balaban J connectivity index is 0.877. The molecule has 2 atom stereocenters. The molecule has 2 aliphatic rings. The minimum atomic E-state index is -0.0413. The summed E-state index contributed by atoms with van der Waals surface area (Å²) in [6.07, 6.45) is 8.22. The second kappa shape index (κ2) is 14.5. The van der Waals surface area contributed by atoms with E-state index in [4.69, 9.17) is 4.74 Å². The van der Waals surface area contributed by atoms with Crippen LogP contribution in [-0.2, 0) is 22.4 Å². The Labute approximate surface area is 297 Å². The van der Waals surface area contributed by atoms with Crippen LogP contribution >= 0.6 is 0 Å². The van der Waals surface area contributed by atoms with Gasteiger partial charge in [-0.25, -0.2) is 9.97 Å². The van der Waals surface area contributed by atoms with Crippen molar-refractivity contribution in [3.8, 4) is 34.0 Å². The number of aromatic nitrogens is 4. The van der Waals surface area contributed by atoms with Crippen LogP contribution in [-0.4, -0.2) is 54.6 Å². The van der Waals surface area contributed by atoms with E-state index in [1.807, 2.05) is 131 Å². The lowest BCUT2D eigenvalue weighted by atomic mass is 10.1. The maximum Gasteiger partial charge on any atom is 0.227 e. The highest BCUT2D eigenvalue weighted by Crippen LogP contribution is 2.34. The summed E-state index contributed by atoms with van der Waals surface area (Å²) in [7, 11) is 0. The van der Waals surface area contributed by atoms with Crippen molar-refractivity contribution in [1.29, 1.82) is 0 Å². The first-order chi connectivity index (χ1) is 25.1. The molecular formula is C42H40N6O3. The Bertz CT molecular complexity index is 1940. The lowest BCUT2D eigenvalue weighted by molar-refractivity contribution is -0.132. The van der Waals surface area contributed by atoms with Gasteiger partial charge in [-0.3, -0.25) is 9.59 Å². The molecule has 2 aromatic heterocycles. The maximum atomic E-state index is 13.1. The van der Waals surface area contributed by atoms with Crippen LogP contribution in [0, 0.1) is 0 Å². The number of likely N-dealkylation sites (tertiary alicyclic amines) is 2. The van der Waals surface area contributed by atoms with Gasteiger partial charge in [-0.1, -0.05) is 60.7 Å². The largest absolute Gasteiger partial charge is 0.457 e. The summed E-state index contributed by atoms with van der Waals surface area (Å²) >= 11 is 0. The van der Waals surface area contributed by atoms with Gasteiger partial charge in [0.05, 0.1) is 48.7 Å². The van der Waals surface area contributed by atoms with E-state index in [2.05, 4.69) is 19.9 Å². The van der Waals surface area contributed by atoms with Crippen LogP contribution in [0.4, 0.5) is 0 Å². The monoisotopic (exact) mass is 676 g/mol. The molecule has 0 unspecified atom stereocenters. The fourth-order valence-corrected chi connectivity index (χ4v) is 7.29. The highest BCUT2D eigenvalue weighted by molar-refractivity contribution is 5.80. The van der Waals surface area contributed by atoms with Gasteiger partial charge in [0.2, 0.25) is 11.8 Å². The number of carbonyl (C=O) groups excluding carboxylic acids is 2. The molecule has 4 aromatic carbocycles. The number of benzene rings is 4. The minimum Gasteiger partial charge on any atom is -0.457 e. The van der Waals surface area contributed by atoms with Gasteiger partial charge in [0.1, 0.15) is 23.1 Å². The van der Waals surface area contributed by atoms with E-state index in [0.29, 0.717) is 12.8 Å². The third-order valence-electron chi connectivity index (χ3n) is 9.93. The number of rotatable bonds is 10. The van der Waals surface area contributed by atoms with Gasteiger partial charge in [0, 0.05) is 13.1 Å². The molecule has 0 radical (unpaired) electrons. The van der Waals surface area contributed by atoms with Gasteiger partial charge >= 0.3 is 0 Å². The summed E-state index contributed by atoms with van der Waals surface area (Å²) in [5.41, 5.74) is 5.86. The minimum absolute atomic E-state index is 0.0413. The van der Waals surface area contributed by atoms with Gasteiger partial charge in [0.15, 0.2) is 0 Å². The average Bonchev–Trinajstić information content (AvgIpc) is 4.00. The van der Waals surface area contributed by atoms with Gasteiger partial charge in [0.25, 0.3) is 0 Å². The normalized spacial score (nSPS) is 17.2. The van der Waals surface area contributed by atoms with E-state index >= 15 is 0 Å². The van der Waals surface area contributed by atoms with Gasteiger partial charge < -0.3 is 24.5 Å². The number of ether oxygens (including phenoxy) is 1. The topological polar surface area (TPSA) is 107 Å². The molecule has 0 spiro atoms. The van der Waals surface area contributed by atoms with Gasteiger partial charge in [-0.15, -0.1) is 0 Å². The van der Waals surface area contributed by atoms with Gasteiger partial charge in [-0.05, 0) is 96.5 Å². The van der Waals surface area contributed by atoms with E-state index in [-0.39, 0.29) is 23.9 Å². The van der Waals surface area contributed by atoms with E-state index in [0.717, 1.165) is 95.6 Å². The molecule has 2 aliphatic heterocycles. The zero-order valence-electron chi connectivity index (χ0n) is 28.4. The predicted molar refractivity (Wildman–Crippen MR) is 196 cm³/mol. The van der Waals surface area contributed by atoms with E-state index in [9.17, 15) is 9.59 Å². The number of nitrogens with one attached hydrogen (secondary N) is 2. The Morgan fingerprint density at radius 2 is 1.00 bits per heavy atom. The Kier molecular flexibility index (Phi) is 9.16. The summed E-state index contributed by atoms with van der Waals surface area (Å²) in [5, 5.41) is 0. The fraction of sp³-hybridized carbons (Fsp3) is 0.238. The van der Waals surface area contributed by atoms with E-state index in [1.54, 1.807) is 0 Å². The first-order valence-electron chi connectivity index (χ1n) is 17.7. The predicted octanol–water partition coefficient (Wildman–Crippen LogP) is 8.07. The first-order valence-corrected chi connectivity index (χ1v) is 17.7. The van der Waals surface area contributed by atoms with Crippen molar-refractivity contribution in [2.45, 2.75) is 50.6 Å². The summed E-state index contributed by atoms with van der Waals surface area (Å²) in [6, 6.07) is 35.5. The standard InChI is InChI=1S/C42H40N6O3/c49-39(25-29-9-3-1-4-10-29)47-23-7-13-37(47)41-43-27-35(45-41)31-15-19-33(20-16-31)51-34-21-17-32(18-22-34)36-28-44-42(46-36)38-14-8-24-48(38)40(50)26-30-11-5-2-6-12-30/h1-6,9-12,15-22,27-28,37-38H,7-8,13-14,23-26H2,(H,43,45)(H,44,46)/t37-,38-/m0/s1. The molecule has 0 bridgehead atoms. The lowest BCUT2D eigenvalue weighted by Crippen LogP contribution is -2.32. The number of H-pyrrole nitrogens is 2. The third kappa shape index (κ3) is 7.19. The first kappa shape index (κ1) is 32.3. The summed E-state index contributed by atoms with van der Waals surface area (Å²) in [4.78, 5) is 46.5. The Morgan fingerprint density at radius 1 is 0.588 bits per heavy atom. The molecule has 2 saturated heterocycles. The summed E-state index contributed by atoms with van der Waals surface area (Å²) in [6.45, 7) is 1.50. The molecule has 51 heavy (non-hydrogen) atoms. The Hall–Kier alpha value is -5.96. The molecule has 2 amide bonds. The highest BCUT2D eigenvalue weighted by Gasteiger charge is 2.33. The second-order valence-electron chi connectivity index (χ2n) is 13.3. The van der Waals surface area contributed by atoms with Crippen molar-refractivity contribution in [2.75, 3.05) is 13.1 Å².